The number of aromatic nitrogens is 5. The zero-order valence-corrected chi connectivity index (χ0v) is 28.8. The third kappa shape index (κ3) is 7.65. The van der Waals surface area contributed by atoms with Gasteiger partial charge in [-0.05, 0) is 93.9 Å². The first-order chi connectivity index (χ1) is 24.3. The molecule has 0 aliphatic carbocycles. The molecule has 12 heteroatoms. The summed E-state index contributed by atoms with van der Waals surface area (Å²) in [6.07, 6.45) is 3.20. The summed E-state index contributed by atoms with van der Waals surface area (Å²) in [5.74, 6) is 1.17. The Morgan fingerprint density at radius 3 is 2.60 bits per heavy atom. The SMILES string of the molecule is C1COC1.Cc1[nH]nc2ccc(NC(=O)c3ccc4c(c3)nc(CN3CCC(c5cccc(OCc6ccc(Cl)cc6F)n5)CC3)n4C)cc12. The highest BCUT2D eigenvalue weighted by Crippen LogP contribution is 2.29. The fraction of sp³-hybridized carbons (Fsp3) is 0.316. The first-order valence-electron chi connectivity index (χ1n) is 16.9. The van der Waals surface area contributed by atoms with Crippen LogP contribution in [0.2, 0.25) is 5.02 Å². The molecule has 2 saturated heterocycles. The maximum Gasteiger partial charge on any atom is 0.255 e. The molecule has 2 aliphatic rings. The van der Waals surface area contributed by atoms with Gasteiger partial charge in [-0.15, -0.1) is 0 Å². The number of nitrogens with zero attached hydrogens (tertiary/aromatic N) is 5. The van der Waals surface area contributed by atoms with E-state index in [2.05, 4.69) is 25.0 Å². The Morgan fingerprint density at radius 2 is 1.84 bits per heavy atom. The van der Waals surface area contributed by atoms with E-state index in [0.717, 1.165) is 84.0 Å². The van der Waals surface area contributed by atoms with Crippen LogP contribution in [0.1, 0.15) is 58.3 Å². The molecule has 0 bridgehead atoms. The van der Waals surface area contributed by atoms with Crippen molar-refractivity contribution in [3.8, 4) is 5.88 Å². The molecule has 258 valence electrons. The summed E-state index contributed by atoms with van der Waals surface area (Å²) in [6, 6.07) is 21.7. The molecule has 0 atom stereocenters. The number of hydrogen-bond donors (Lipinski definition) is 2. The molecule has 2 N–H and O–H groups in total. The van der Waals surface area contributed by atoms with Gasteiger partial charge in [0.15, 0.2) is 0 Å². The monoisotopic (exact) mass is 695 g/mol. The molecule has 8 rings (SSSR count). The third-order valence-corrected chi connectivity index (χ3v) is 9.56. The normalized spacial score (nSPS) is 15.0. The quantitative estimate of drug-likeness (QED) is 0.169. The molecular weight excluding hydrogens is 657 g/mol. The Kier molecular flexibility index (Phi) is 10.1. The van der Waals surface area contributed by atoms with Gasteiger partial charge in [0.1, 0.15) is 18.2 Å². The van der Waals surface area contributed by atoms with Crippen LogP contribution >= 0.6 is 11.6 Å². The van der Waals surface area contributed by atoms with Gasteiger partial charge in [0.05, 0.1) is 23.1 Å². The van der Waals surface area contributed by atoms with Crippen LogP contribution in [0.5, 0.6) is 5.88 Å². The van der Waals surface area contributed by atoms with Gasteiger partial charge in [-0.25, -0.2) is 14.4 Å². The van der Waals surface area contributed by atoms with E-state index in [9.17, 15) is 9.18 Å². The highest BCUT2D eigenvalue weighted by molar-refractivity contribution is 6.30. The van der Waals surface area contributed by atoms with E-state index in [1.165, 1.54) is 12.5 Å². The van der Waals surface area contributed by atoms with Gasteiger partial charge in [-0.1, -0.05) is 23.7 Å². The van der Waals surface area contributed by atoms with Crippen LogP contribution in [0.25, 0.3) is 21.9 Å². The highest BCUT2D eigenvalue weighted by atomic mass is 35.5. The Labute approximate surface area is 294 Å². The number of piperidine rings is 1. The molecule has 1 amide bonds. The first-order valence-corrected chi connectivity index (χ1v) is 17.2. The topological polar surface area (TPSA) is 110 Å². The molecular formula is C38H39ClFN7O3. The molecule has 3 aromatic carbocycles. The lowest BCUT2D eigenvalue weighted by Crippen LogP contribution is -2.33. The Bertz CT molecular complexity index is 2130. The minimum Gasteiger partial charge on any atom is -0.473 e. The number of nitrogens with one attached hydrogen (secondary N) is 2. The molecule has 6 aromatic rings. The van der Waals surface area contributed by atoms with Gasteiger partial charge >= 0.3 is 0 Å². The zero-order chi connectivity index (χ0) is 34.6. The van der Waals surface area contributed by atoms with E-state index in [-0.39, 0.29) is 12.5 Å². The van der Waals surface area contributed by atoms with Crippen molar-refractivity contribution in [2.75, 3.05) is 31.6 Å². The number of hydrogen-bond acceptors (Lipinski definition) is 7. The number of aromatic amines is 1. The summed E-state index contributed by atoms with van der Waals surface area (Å²) in [5, 5.41) is 11.6. The van der Waals surface area contributed by atoms with Crippen molar-refractivity contribution in [1.82, 2.24) is 29.6 Å². The number of likely N-dealkylation sites (tertiary alicyclic amines) is 1. The van der Waals surface area contributed by atoms with E-state index in [1.807, 2.05) is 62.5 Å². The van der Waals surface area contributed by atoms with Gasteiger partial charge < -0.3 is 19.4 Å². The van der Waals surface area contributed by atoms with Gasteiger partial charge in [-0.3, -0.25) is 14.8 Å². The van der Waals surface area contributed by atoms with Gasteiger partial charge in [-0.2, -0.15) is 5.10 Å². The number of imidazole rings is 1. The number of halogens is 2. The lowest BCUT2D eigenvalue weighted by molar-refractivity contribution is 0.0367. The number of H-pyrrole nitrogens is 1. The second-order valence-electron chi connectivity index (χ2n) is 12.8. The lowest BCUT2D eigenvalue weighted by atomic mass is 9.93. The largest absolute Gasteiger partial charge is 0.473 e. The second kappa shape index (κ2) is 15.0. The highest BCUT2D eigenvalue weighted by Gasteiger charge is 2.24. The Morgan fingerprint density at radius 1 is 1.04 bits per heavy atom. The molecule has 10 nitrogen and oxygen atoms in total. The minimum absolute atomic E-state index is 0.0874. The number of anilines is 1. The number of ether oxygens (including phenoxy) is 2. The van der Waals surface area contributed by atoms with Crippen molar-refractivity contribution >= 4 is 45.1 Å². The number of aryl methyl sites for hydroxylation is 2. The van der Waals surface area contributed by atoms with Crippen molar-refractivity contribution in [2.45, 2.75) is 45.3 Å². The van der Waals surface area contributed by atoms with Gasteiger partial charge in [0.25, 0.3) is 5.91 Å². The summed E-state index contributed by atoms with van der Waals surface area (Å²) in [5.41, 5.74) is 6.29. The van der Waals surface area contributed by atoms with Crippen LogP contribution in [0.3, 0.4) is 0 Å². The molecule has 0 unspecified atom stereocenters. The number of rotatable bonds is 8. The maximum atomic E-state index is 14.2. The molecule has 2 aliphatic heterocycles. The summed E-state index contributed by atoms with van der Waals surface area (Å²) in [4.78, 5) is 25.2. The van der Waals surface area contributed by atoms with Crippen LogP contribution in [0, 0.1) is 12.7 Å². The van der Waals surface area contributed by atoms with Gasteiger partial charge in [0, 0.05) is 70.9 Å². The second-order valence-corrected chi connectivity index (χ2v) is 13.2. The predicted molar refractivity (Wildman–Crippen MR) is 192 cm³/mol. The van der Waals surface area contributed by atoms with Crippen molar-refractivity contribution in [1.29, 1.82) is 0 Å². The maximum absolute atomic E-state index is 14.2. The molecule has 0 radical (unpaired) electrons. The Balaban J connectivity index is 0.000000916. The van der Waals surface area contributed by atoms with E-state index in [4.69, 9.17) is 31.0 Å². The Hall–Kier alpha value is -4.84. The van der Waals surface area contributed by atoms with Crippen molar-refractivity contribution in [3.63, 3.8) is 0 Å². The molecule has 3 aromatic heterocycles. The van der Waals surface area contributed by atoms with E-state index in [1.54, 1.807) is 18.2 Å². The summed E-state index contributed by atoms with van der Waals surface area (Å²) in [6.45, 7) is 6.57. The minimum atomic E-state index is -0.391. The summed E-state index contributed by atoms with van der Waals surface area (Å²) < 4.78 is 26.8. The van der Waals surface area contributed by atoms with E-state index < -0.39 is 5.82 Å². The molecule has 5 heterocycles. The van der Waals surface area contributed by atoms with Crippen LogP contribution in [0.15, 0.2) is 72.8 Å². The number of fused-ring (bicyclic) bond motifs is 2. The van der Waals surface area contributed by atoms with Crippen LogP contribution in [0.4, 0.5) is 10.1 Å². The van der Waals surface area contributed by atoms with Crippen molar-refractivity contribution in [3.05, 3.63) is 112 Å². The van der Waals surface area contributed by atoms with Gasteiger partial charge in [0.2, 0.25) is 5.88 Å². The number of carbonyl (C=O) groups excluding carboxylic acids is 1. The zero-order valence-electron chi connectivity index (χ0n) is 28.1. The van der Waals surface area contributed by atoms with Crippen molar-refractivity contribution in [2.24, 2.45) is 7.05 Å². The number of pyridine rings is 1. The molecule has 0 saturated carbocycles. The fourth-order valence-corrected chi connectivity index (χ4v) is 6.37. The molecule has 2 fully saturated rings. The standard InChI is InChI=1S/C35H33ClFN7O2.C3H6O/c1-21-27-18-26(9-10-30(27)42-41-21)38-35(45)23-7-11-32-31(16-23)39-33(43(32)2)19-44-14-12-22(13-15-44)29-4-3-5-34(40-29)46-20-24-6-8-25(36)17-28(24)37;1-2-4-3-1/h3-11,16-18,22H,12-15,19-20H2,1-2H3,(H,38,45)(H,41,42);1-3H2. The van der Waals surface area contributed by atoms with Crippen LogP contribution < -0.4 is 10.1 Å². The number of amides is 1. The van der Waals surface area contributed by atoms with Crippen LogP contribution in [-0.2, 0) is 24.9 Å². The molecule has 0 spiro atoms. The summed E-state index contributed by atoms with van der Waals surface area (Å²) in [7, 11) is 2.02. The van der Waals surface area contributed by atoms with E-state index >= 15 is 0 Å². The summed E-state index contributed by atoms with van der Waals surface area (Å²) >= 11 is 5.86. The lowest BCUT2D eigenvalue weighted by Gasteiger charge is -2.31. The third-order valence-electron chi connectivity index (χ3n) is 9.32. The average Bonchev–Trinajstić information content (AvgIpc) is 3.61. The predicted octanol–water partition coefficient (Wildman–Crippen LogP) is 7.56. The number of carbonyl (C=O) groups is 1. The smallest absolute Gasteiger partial charge is 0.255 e. The average molecular weight is 696 g/mol. The fourth-order valence-electron chi connectivity index (χ4n) is 6.21. The first kappa shape index (κ1) is 33.6. The van der Waals surface area contributed by atoms with Crippen molar-refractivity contribution < 1.29 is 18.7 Å². The molecule has 50 heavy (non-hydrogen) atoms. The number of benzene rings is 3. The van der Waals surface area contributed by atoms with E-state index in [0.29, 0.717) is 34.5 Å². The van der Waals surface area contributed by atoms with Crippen LogP contribution in [-0.4, -0.2) is 61.8 Å².